The van der Waals surface area contributed by atoms with E-state index in [9.17, 15) is 19.2 Å². The molecule has 0 saturated carbocycles. The lowest BCUT2D eigenvalue weighted by molar-refractivity contribution is -0.156. The number of ether oxygens (including phenoxy) is 7. The zero-order valence-electron chi connectivity index (χ0n) is 14.3. The average molecular weight is 382 g/mol. The summed E-state index contributed by atoms with van der Waals surface area (Å²) in [4.78, 5) is 44.5. The van der Waals surface area contributed by atoms with E-state index in [0.29, 0.717) is 0 Å². The molecule has 0 aromatic carbocycles. The highest BCUT2D eigenvalue weighted by Crippen LogP contribution is 1.94. The first-order valence-corrected chi connectivity index (χ1v) is 7.49. The van der Waals surface area contributed by atoms with E-state index < -0.39 is 30.7 Å². The van der Waals surface area contributed by atoms with Gasteiger partial charge in [-0.3, -0.25) is 9.59 Å². The molecule has 0 saturated heterocycles. The van der Waals surface area contributed by atoms with E-state index in [1.807, 2.05) is 0 Å². The average Bonchev–Trinajstić information content (AvgIpc) is 2.61. The molecule has 0 aromatic heterocycles. The summed E-state index contributed by atoms with van der Waals surface area (Å²) in [5.74, 6) is -1.77. The van der Waals surface area contributed by atoms with Crippen LogP contribution in [0.5, 0.6) is 0 Å². The molecular weight excluding hydrogens is 360 g/mol. The molecule has 12 nitrogen and oxygen atoms in total. The van der Waals surface area contributed by atoms with Gasteiger partial charge in [0.05, 0.1) is 13.2 Å². The first kappa shape index (κ1) is 23.4. The van der Waals surface area contributed by atoms with Gasteiger partial charge in [0, 0.05) is 7.11 Å². The standard InChI is InChI=1S/C14H22O12/c1-20-4-5-24-14(19)26-9-7-22-12(17)10-11(16)21-6-8-25-13(18)23-3-2-15/h15H,2-10H2,1H3. The number of hydrogen-bond donors (Lipinski definition) is 1. The van der Waals surface area contributed by atoms with Crippen molar-refractivity contribution in [3.05, 3.63) is 0 Å². The van der Waals surface area contributed by atoms with E-state index >= 15 is 0 Å². The lowest BCUT2D eigenvalue weighted by Crippen LogP contribution is -2.20. The van der Waals surface area contributed by atoms with Gasteiger partial charge < -0.3 is 38.3 Å². The van der Waals surface area contributed by atoms with Gasteiger partial charge in [-0.25, -0.2) is 9.59 Å². The Labute approximate surface area is 149 Å². The summed E-state index contributed by atoms with van der Waals surface area (Å²) >= 11 is 0. The van der Waals surface area contributed by atoms with Gasteiger partial charge in [-0.1, -0.05) is 0 Å². The van der Waals surface area contributed by atoms with Crippen molar-refractivity contribution in [2.24, 2.45) is 0 Å². The van der Waals surface area contributed by atoms with Crippen LogP contribution in [-0.4, -0.2) is 89.3 Å². The molecular formula is C14H22O12. The minimum absolute atomic E-state index is 0.0316. The molecule has 0 unspecified atom stereocenters. The maximum absolute atomic E-state index is 11.3. The Morgan fingerprint density at radius 2 is 1.00 bits per heavy atom. The van der Waals surface area contributed by atoms with Crippen LogP contribution in [0.3, 0.4) is 0 Å². The summed E-state index contributed by atoms with van der Waals surface area (Å²) in [6.07, 6.45) is -2.61. The van der Waals surface area contributed by atoms with Crippen molar-refractivity contribution >= 4 is 24.2 Å². The first-order chi connectivity index (χ1) is 12.5. The van der Waals surface area contributed by atoms with Gasteiger partial charge in [0.1, 0.15) is 46.1 Å². The second kappa shape index (κ2) is 15.9. The summed E-state index contributed by atoms with van der Waals surface area (Å²) in [5, 5.41) is 8.41. The Morgan fingerprint density at radius 3 is 1.42 bits per heavy atom. The van der Waals surface area contributed by atoms with E-state index in [0.717, 1.165) is 0 Å². The van der Waals surface area contributed by atoms with Crippen LogP contribution in [0.15, 0.2) is 0 Å². The first-order valence-electron chi connectivity index (χ1n) is 7.49. The summed E-state index contributed by atoms with van der Waals surface area (Å²) in [5.41, 5.74) is 0. The van der Waals surface area contributed by atoms with Crippen molar-refractivity contribution in [2.45, 2.75) is 6.42 Å². The van der Waals surface area contributed by atoms with Gasteiger partial charge in [-0.15, -0.1) is 0 Å². The van der Waals surface area contributed by atoms with Crippen LogP contribution in [0, 0.1) is 0 Å². The largest absolute Gasteiger partial charge is 0.508 e. The molecule has 0 fully saturated rings. The number of aliphatic hydroxyl groups excluding tert-OH is 1. The van der Waals surface area contributed by atoms with Gasteiger partial charge in [0.25, 0.3) is 0 Å². The molecule has 0 aliphatic rings. The Hall–Kier alpha value is -2.60. The molecule has 0 bridgehead atoms. The fourth-order valence-corrected chi connectivity index (χ4v) is 1.20. The van der Waals surface area contributed by atoms with Gasteiger partial charge in [-0.2, -0.15) is 0 Å². The maximum atomic E-state index is 11.3. The predicted octanol–water partition coefficient (Wildman–Crippen LogP) is -0.592. The van der Waals surface area contributed by atoms with Crippen LogP contribution >= 0.6 is 0 Å². The maximum Gasteiger partial charge on any atom is 0.508 e. The smallest absolute Gasteiger partial charge is 0.462 e. The number of esters is 2. The number of hydrogen-bond acceptors (Lipinski definition) is 12. The molecule has 0 atom stereocenters. The van der Waals surface area contributed by atoms with Gasteiger partial charge in [0.2, 0.25) is 0 Å². The lowest BCUT2D eigenvalue weighted by atomic mass is 10.4. The summed E-state index contributed by atoms with van der Waals surface area (Å²) in [6.45, 7) is -1.35. The minimum Gasteiger partial charge on any atom is -0.462 e. The Morgan fingerprint density at radius 1 is 0.615 bits per heavy atom. The molecule has 26 heavy (non-hydrogen) atoms. The zero-order valence-corrected chi connectivity index (χ0v) is 14.3. The van der Waals surface area contributed by atoms with E-state index in [-0.39, 0.29) is 52.9 Å². The summed E-state index contributed by atoms with van der Waals surface area (Å²) < 4.78 is 32.0. The van der Waals surface area contributed by atoms with Crippen LogP contribution in [-0.2, 0) is 42.7 Å². The van der Waals surface area contributed by atoms with Crippen LogP contribution in [0.2, 0.25) is 0 Å². The SMILES string of the molecule is COCCOC(=O)OCCOC(=O)CC(=O)OCCOC(=O)OCCO. The van der Waals surface area contributed by atoms with Gasteiger partial charge >= 0.3 is 24.2 Å². The van der Waals surface area contributed by atoms with Crippen LogP contribution in [0.1, 0.15) is 6.42 Å². The molecule has 1 N–H and O–H groups in total. The fraction of sp³-hybridized carbons (Fsp3) is 0.714. The van der Waals surface area contributed by atoms with E-state index in [4.69, 9.17) is 5.11 Å². The number of methoxy groups -OCH3 is 1. The second-order valence-corrected chi connectivity index (χ2v) is 4.23. The summed E-state index contributed by atoms with van der Waals surface area (Å²) in [6, 6.07) is 0. The third-order valence-corrected chi connectivity index (χ3v) is 2.24. The van der Waals surface area contributed by atoms with Crippen LogP contribution in [0.4, 0.5) is 9.59 Å². The molecule has 12 heteroatoms. The van der Waals surface area contributed by atoms with Crippen molar-refractivity contribution in [2.75, 3.05) is 60.0 Å². The minimum atomic E-state index is -1.02. The second-order valence-electron chi connectivity index (χ2n) is 4.23. The molecule has 0 rings (SSSR count). The highest BCUT2D eigenvalue weighted by atomic mass is 16.7. The van der Waals surface area contributed by atoms with Crippen molar-refractivity contribution in [3.8, 4) is 0 Å². The highest BCUT2D eigenvalue weighted by molar-refractivity contribution is 5.91. The fourth-order valence-electron chi connectivity index (χ4n) is 1.20. The molecule has 0 spiro atoms. The Bertz CT molecular complexity index is 436. The molecule has 0 aliphatic heterocycles. The highest BCUT2D eigenvalue weighted by Gasteiger charge is 2.13. The number of carbonyl (C=O) groups excluding carboxylic acids is 4. The molecule has 0 radical (unpaired) electrons. The van der Waals surface area contributed by atoms with Crippen LogP contribution in [0.25, 0.3) is 0 Å². The van der Waals surface area contributed by atoms with E-state index in [1.54, 1.807) is 0 Å². The zero-order chi connectivity index (χ0) is 19.6. The third kappa shape index (κ3) is 15.0. The van der Waals surface area contributed by atoms with Crippen molar-refractivity contribution in [1.29, 1.82) is 0 Å². The Balaban J connectivity index is 3.60. The molecule has 0 aromatic rings. The lowest BCUT2D eigenvalue weighted by Gasteiger charge is -2.08. The molecule has 0 amide bonds. The third-order valence-electron chi connectivity index (χ3n) is 2.24. The quantitative estimate of drug-likeness (QED) is 0.187. The monoisotopic (exact) mass is 382 g/mol. The molecule has 0 heterocycles. The van der Waals surface area contributed by atoms with Crippen molar-refractivity contribution < 1.29 is 57.4 Å². The summed E-state index contributed by atoms with van der Waals surface area (Å²) in [7, 11) is 1.44. The van der Waals surface area contributed by atoms with E-state index in [2.05, 4.69) is 33.2 Å². The number of carbonyl (C=O) groups is 4. The van der Waals surface area contributed by atoms with Crippen LogP contribution < -0.4 is 0 Å². The van der Waals surface area contributed by atoms with E-state index in [1.165, 1.54) is 7.11 Å². The molecule has 0 aliphatic carbocycles. The number of rotatable bonds is 13. The topological polar surface area (TPSA) is 153 Å². The van der Waals surface area contributed by atoms with Crippen molar-refractivity contribution in [3.63, 3.8) is 0 Å². The molecule has 150 valence electrons. The predicted molar refractivity (Wildman–Crippen MR) is 80.1 cm³/mol. The number of aliphatic hydroxyl groups is 1. The van der Waals surface area contributed by atoms with Gasteiger partial charge in [-0.05, 0) is 0 Å². The van der Waals surface area contributed by atoms with Gasteiger partial charge in [0.15, 0.2) is 0 Å². The normalized spacial score (nSPS) is 9.77. The Kier molecular flexibility index (Phi) is 14.3. The van der Waals surface area contributed by atoms with Crippen molar-refractivity contribution in [1.82, 2.24) is 0 Å².